The van der Waals surface area contributed by atoms with Gasteiger partial charge in [0.05, 0.1) is 0 Å². The highest BCUT2D eigenvalue weighted by molar-refractivity contribution is 7.01. The van der Waals surface area contributed by atoms with Crippen LogP contribution in [0.4, 0.5) is 34.1 Å². The fourth-order valence-electron chi connectivity index (χ4n) is 9.55. The first-order chi connectivity index (χ1) is 25.3. The summed E-state index contributed by atoms with van der Waals surface area (Å²) in [6, 6.07) is 54.5. The topological polar surface area (TPSA) is 6.48 Å². The molecule has 0 aromatic heterocycles. The molecule has 7 aromatic rings. The molecule has 0 spiro atoms. The average molecular weight is 669 g/mol. The summed E-state index contributed by atoms with van der Waals surface area (Å²) >= 11 is 0. The van der Waals surface area contributed by atoms with E-state index >= 15 is 0 Å². The van der Waals surface area contributed by atoms with E-state index in [1.165, 1.54) is 88.9 Å². The number of para-hydroxylation sites is 4. The third-order valence-corrected chi connectivity index (χ3v) is 11.3. The van der Waals surface area contributed by atoms with Gasteiger partial charge in [0.2, 0.25) is 13.4 Å². The molecule has 0 radical (unpaired) electrons. The van der Waals surface area contributed by atoms with Crippen LogP contribution < -0.4 is 42.6 Å². The van der Waals surface area contributed by atoms with Crippen molar-refractivity contribution in [2.75, 3.05) is 9.80 Å². The quantitative estimate of drug-likeness (QED) is 0.175. The van der Waals surface area contributed by atoms with Crippen LogP contribution in [0.2, 0.25) is 0 Å². The molecule has 0 saturated carbocycles. The molecule has 4 heteroatoms. The Hall–Kier alpha value is -5.73. The van der Waals surface area contributed by atoms with Crippen LogP contribution in [0.25, 0.3) is 0 Å². The van der Waals surface area contributed by atoms with Crippen LogP contribution >= 0.6 is 0 Å². The molecule has 0 N–H and O–H groups in total. The lowest BCUT2D eigenvalue weighted by Crippen LogP contribution is -2.63. The van der Waals surface area contributed by atoms with Crippen molar-refractivity contribution in [2.24, 2.45) is 0 Å². The molecule has 2 aliphatic heterocycles. The zero-order valence-corrected chi connectivity index (χ0v) is 30.9. The summed E-state index contributed by atoms with van der Waals surface area (Å²) in [4.78, 5) is 5.00. The van der Waals surface area contributed by atoms with Crippen LogP contribution in [0.5, 0.6) is 0 Å². The zero-order chi connectivity index (χ0) is 35.7. The second-order valence-corrected chi connectivity index (χ2v) is 14.9. The third kappa shape index (κ3) is 5.04. The van der Waals surface area contributed by atoms with E-state index in [-0.39, 0.29) is 13.4 Å². The van der Waals surface area contributed by atoms with E-state index in [1.807, 2.05) is 0 Å². The second kappa shape index (κ2) is 12.5. The van der Waals surface area contributed by atoms with Gasteiger partial charge in [-0.3, -0.25) is 0 Å². The van der Waals surface area contributed by atoms with Gasteiger partial charge < -0.3 is 9.80 Å². The Morgan fingerprint density at radius 3 is 1.06 bits per heavy atom. The maximum atomic E-state index is 2.59. The van der Waals surface area contributed by atoms with Gasteiger partial charge in [-0.15, -0.1) is 0 Å². The van der Waals surface area contributed by atoms with E-state index in [1.54, 1.807) is 0 Å². The van der Waals surface area contributed by atoms with Crippen molar-refractivity contribution in [3.05, 3.63) is 179 Å². The summed E-state index contributed by atoms with van der Waals surface area (Å²) in [5, 5.41) is 0. The van der Waals surface area contributed by atoms with Crippen molar-refractivity contribution in [1.29, 1.82) is 0 Å². The van der Waals surface area contributed by atoms with Crippen LogP contribution in [0, 0.1) is 41.5 Å². The van der Waals surface area contributed by atoms with Gasteiger partial charge >= 0.3 is 0 Å². The smallest absolute Gasteiger partial charge is 0.247 e. The summed E-state index contributed by atoms with van der Waals surface area (Å²) in [5.41, 5.74) is 23.4. The number of aryl methyl sites for hydroxylation is 6. The normalized spacial score (nSPS) is 13.0. The molecular weight excluding hydrogens is 626 g/mol. The van der Waals surface area contributed by atoms with Crippen molar-refractivity contribution in [2.45, 2.75) is 41.5 Å². The van der Waals surface area contributed by atoms with Gasteiger partial charge in [0.15, 0.2) is 0 Å². The van der Waals surface area contributed by atoms with Crippen molar-refractivity contribution in [1.82, 2.24) is 0 Å². The molecule has 2 nitrogen and oxygen atoms in total. The Bertz CT molecular complexity index is 2290. The zero-order valence-electron chi connectivity index (χ0n) is 30.9. The van der Waals surface area contributed by atoms with Crippen molar-refractivity contribution in [3.63, 3.8) is 0 Å². The Balaban J connectivity index is 1.43. The maximum Gasteiger partial charge on any atom is 0.247 e. The minimum absolute atomic E-state index is 0.0697. The van der Waals surface area contributed by atoms with Gasteiger partial charge in [0.1, 0.15) is 0 Å². The minimum Gasteiger partial charge on any atom is -0.311 e. The molecule has 2 aliphatic rings. The summed E-state index contributed by atoms with van der Waals surface area (Å²) in [5.74, 6) is 0. The fraction of sp³-hybridized carbons (Fsp3) is 0.125. The van der Waals surface area contributed by atoms with Crippen LogP contribution in [-0.2, 0) is 0 Å². The number of fused-ring (bicyclic) bond motifs is 4. The SMILES string of the molecule is Cc1cc(C)c(B2c3ccccc3N(c3ccccc3)c3cc4c(cc32)B(c2c(C)cc(C)cc2C)c2ccccc2N4c2ccccc2)c(C)c1. The van der Waals surface area contributed by atoms with Gasteiger partial charge in [-0.05, 0) is 106 Å². The lowest BCUT2D eigenvalue weighted by Gasteiger charge is -2.42. The molecule has 0 fully saturated rings. The number of hydrogen-bond donors (Lipinski definition) is 0. The first-order valence-corrected chi connectivity index (χ1v) is 18.5. The summed E-state index contributed by atoms with van der Waals surface area (Å²) in [6.45, 7) is 13.8. The van der Waals surface area contributed by atoms with Crippen LogP contribution in [0.3, 0.4) is 0 Å². The van der Waals surface area contributed by atoms with E-state index in [9.17, 15) is 0 Å². The molecule has 0 atom stereocenters. The summed E-state index contributed by atoms with van der Waals surface area (Å²) in [6.07, 6.45) is 0. The first-order valence-electron chi connectivity index (χ1n) is 18.5. The Morgan fingerprint density at radius 1 is 0.327 bits per heavy atom. The van der Waals surface area contributed by atoms with Gasteiger partial charge in [0.25, 0.3) is 0 Å². The monoisotopic (exact) mass is 668 g/mol. The standard InChI is InChI=1S/C48H42B2N2/c1-31-25-33(3)47(34(4)26-31)49-39-21-13-15-23-43(39)51(37-17-9-7-10-18-37)45-30-46-42(29-41(45)49)50(48-35(5)27-32(2)28-36(48)6)40-22-14-16-24-44(40)52(46)38-19-11-8-12-20-38/h7-30H,1-6H3. The molecule has 0 saturated heterocycles. The van der Waals surface area contributed by atoms with E-state index in [2.05, 4.69) is 197 Å². The highest BCUT2D eigenvalue weighted by atomic mass is 15.2. The minimum atomic E-state index is 0.0697. The lowest BCUT2D eigenvalue weighted by molar-refractivity contribution is 1.26. The van der Waals surface area contributed by atoms with E-state index < -0.39 is 0 Å². The molecule has 250 valence electrons. The van der Waals surface area contributed by atoms with Gasteiger partial charge in [0, 0.05) is 34.1 Å². The Morgan fingerprint density at radius 2 is 0.673 bits per heavy atom. The van der Waals surface area contributed by atoms with Gasteiger partial charge in [-0.25, -0.2) is 0 Å². The van der Waals surface area contributed by atoms with Crippen molar-refractivity contribution < 1.29 is 0 Å². The predicted octanol–water partition coefficient (Wildman–Crippen LogP) is 8.14. The largest absolute Gasteiger partial charge is 0.311 e. The number of hydrogen-bond acceptors (Lipinski definition) is 2. The highest BCUT2D eigenvalue weighted by Gasteiger charge is 2.42. The maximum absolute atomic E-state index is 2.59. The van der Waals surface area contributed by atoms with Crippen LogP contribution in [0.1, 0.15) is 33.4 Å². The molecule has 0 bridgehead atoms. The fourth-order valence-corrected chi connectivity index (χ4v) is 9.55. The first kappa shape index (κ1) is 32.2. The Kier molecular flexibility index (Phi) is 7.74. The van der Waals surface area contributed by atoms with Gasteiger partial charge in [-0.2, -0.15) is 0 Å². The van der Waals surface area contributed by atoms with E-state index in [0.29, 0.717) is 0 Å². The molecule has 0 aliphatic carbocycles. The van der Waals surface area contributed by atoms with E-state index in [4.69, 9.17) is 0 Å². The number of rotatable bonds is 4. The number of benzene rings is 7. The molecule has 9 rings (SSSR count). The third-order valence-electron chi connectivity index (χ3n) is 11.3. The summed E-state index contributed by atoms with van der Waals surface area (Å²) in [7, 11) is 0. The lowest BCUT2D eigenvalue weighted by atomic mass is 9.30. The van der Waals surface area contributed by atoms with Crippen molar-refractivity contribution in [3.8, 4) is 0 Å². The number of anilines is 6. The molecule has 0 unspecified atom stereocenters. The molecule has 2 heterocycles. The molecule has 0 amide bonds. The van der Waals surface area contributed by atoms with Crippen LogP contribution in [0.15, 0.2) is 146 Å². The Labute approximate surface area is 309 Å². The predicted molar refractivity (Wildman–Crippen MR) is 226 cm³/mol. The van der Waals surface area contributed by atoms with Crippen molar-refractivity contribution >= 4 is 80.3 Å². The highest BCUT2D eigenvalue weighted by Crippen LogP contribution is 2.42. The summed E-state index contributed by atoms with van der Waals surface area (Å²) < 4.78 is 0. The average Bonchev–Trinajstić information content (AvgIpc) is 3.13. The van der Waals surface area contributed by atoms with Gasteiger partial charge in [-0.1, -0.05) is 147 Å². The molecule has 7 aromatic carbocycles. The van der Waals surface area contributed by atoms with E-state index in [0.717, 1.165) is 11.4 Å². The molecular formula is C48H42B2N2. The molecule has 52 heavy (non-hydrogen) atoms. The second-order valence-electron chi connectivity index (χ2n) is 14.9. The number of nitrogens with zero attached hydrogens (tertiary/aromatic N) is 2. The van der Waals surface area contributed by atoms with Crippen LogP contribution in [-0.4, -0.2) is 13.4 Å².